The SMILES string of the molecule is NC1CCCC(c2ccncc2CC(=O)c2ccc(F)c(-c3cc(F)ccc3F)n2)C1. The quantitative estimate of drug-likeness (QED) is 0.586. The molecule has 31 heavy (non-hydrogen) atoms. The predicted octanol–water partition coefficient (Wildman–Crippen LogP) is 4.97. The van der Waals surface area contributed by atoms with Gasteiger partial charge in [0.1, 0.15) is 28.8 Å². The molecule has 2 N–H and O–H groups in total. The van der Waals surface area contributed by atoms with Gasteiger partial charge in [-0.05, 0) is 72.7 Å². The molecule has 0 radical (unpaired) electrons. The van der Waals surface area contributed by atoms with Crippen LogP contribution in [0.5, 0.6) is 0 Å². The molecule has 1 aliphatic rings. The van der Waals surface area contributed by atoms with Gasteiger partial charge in [-0.2, -0.15) is 0 Å². The first kappa shape index (κ1) is 21.2. The minimum Gasteiger partial charge on any atom is -0.328 e. The number of hydrogen-bond donors (Lipinski definition) is 1. The highest BCUT2D eigenvalue weighted by Crippen LogP contribution is 2.34. The Balaban J connectivity index is 1.63. The smallest absolute Gasteiger partial charge is 0.185 e. The van der Waals surface area contributed by atoms with Crippen LogP contribution in [0.3, 0.4) is 0 Å². The average Bonchev–Trinajstić information content (AvgIpc) is 2.76. The Morgan fingerprint density at radius 1 is 1.06 bits per heavy atom. The van der Waals surface area contributed by atoms with Crippen molar-refractivity contribution in [2.24, 2.45) is 5.73 Å². The fourth-order valence-corrected chi connectivity index (χ4v) is 4.22. The van der Waals surface area contributed by atoms with Gasteiger partial charge in [-0.25, -0.2) is 18.2 Å². The third-order valence-electron chi connectivity index (χ3n) is 5.76. The highest BCUT2D eigenvalue weighted by Gasteiger charge is 2.24. The van der Waals surface area contributed by atoms with Gasteiger partial charge in [0, 0.05) is 30.4 Å². The number of nitrogens with two attached hydrogens (primary N) is 1. The highest BCUT2D eigenvalue weighted by molar-refractivity contribution is 5.96. The zero-order valence-corrected chi connectivity index (χ0v) is 16.8. The molecule has 0 amide bonds. The third kappa shape index (κ3) is 4.66. The second-order valence-electron chi connectivity index (χ2n) is 7.95. The van der Waals surface area contributed by atoms with Crippen LogP contribution < -0.4 is 5.73 Å². The van der Waals surface area contributed by atoms with E-state index in [1.165, 1.54) is 6.07 Å². The molecular formula is C24H22F3N3O. The van der Waals surface area contributed by atoms with Crippen LogP contribution in [0.25, 0.3) is 11.3 Å². The number of hydrogen-bond acceptors (Lipinski definition) is 4. The number of ketones is 1. The fraction of sp³-hybridized carbons (Fsp3) is 0.292. The number of rotatable bonds is 5. The Hall–Kier alpha value is -3.06. The molecule has 1 aliphatic carbocycles. The van der Waals surface area contributed by atoms with E-state index in [2.05, 4.69) is 9.97 Å². The van der Waals surface area contributed by atoms with Crippen LogP contribution in [-0.2, 0) is 6.42 Å². The monoisotopic (exact) mass is 425 g/mol. The second kappa shape index (κ2) is 8.98. The zero-order valence-electron chi connectivity index (χ0n) is 16.8. The molecule has 7 heteroatoms. The van der Waals surface area contributed by atoms with E-state index < -0.39 is 23.1 Å². The first-order valence-corrected chi connectivity index (χ1v) is 10.3. The number of pyridine rings is 2. The molecule has 2 aromatic heterocycles. The molecule has 1 aromatic carbocycles. The third-order valence-corrected chi connectivity index (χ3v) is 5.76. The van der Waals surface area contributed by atoms with Crippen molar-refractivity contribution < 1.29 is 18.0 Å². The van der Waals surface area contributed by atoms with Gasteiger partial charge >= 0.3 is 0 Å². The minimum absolute atomic E-state index is 0.0183. The van der Waals surface area contributed by atoms with Gasteiger partial charge < -0.3 is 5.73 Å². The van der Waals surface area contributed by atoms with Gasteiger partial charge in [0.15, 0.2) is 5.78 Å². The maximum absolute atomic E-state index is 14.3. The van der Waals surface area contributed by atoms with Gasteiger partial charge in [-0.1, -0.05) is 6.42 Å². The topological polar surface area (TPSA) is 68.9 Å². The Morgan fingerprint density at radius 3 is 2.68 bits per heavy atom. The number of carbonyl (C=O) groups is 1. The van der Waals surface area contributed by atoms with Crippen molar-refractivity contribution >= 4 is 5.78 Å². The molecular weight excluding hydrogens is 403 g/mol. The van der Waals surface area contributed by atoms with Crippen LogP contribution >= 0.6 is 0 Å². The van der Waals surface area contributed by atoms with Crippen molar-refractivity contribution in [3.05, 3.63) is 83.1 Å². The number of aromatic nitrogens is 2. The van der Waals surface area contributed by atoms with Gasteiger partial charge in [-0.15, -0.1) is 0 Å². The summed E-state index contributed by atoms with van der Waals surface area (Å²) in [6, 6.07) is 7.05. The van der Waals surface area contributed by atoms with Crippen molar-refractivity contribution in [1.29, 1.82) is 0 Å². The Bertz CT molecular complexity index is 1120. The second-order valence-corrected chi connectivity index (χ2v) is 7.95. The fourth-order valence-electron chi connectivity index (χ4n) is 4.22. The van der Waals surface area contributed by atoms with E-state index in [9.17, 15) is 18.0 Å². The van der Waals surface area contributed by atoms with Crippen LogP contribution in [0.2, 0.25) is 0 Å². The van der Waals surface area contributed by atoms with Gasteiger partial charge in [0.2, 0.25) is 0 Å². The molecule has 160 valence electrons. The Kier molecular flexibility index (Phi) is 6.13. The number of halogens is 3. The molecule has 0 saturated heterocycles. The first-order valence-electron chi connectivity index (χ1n) is 10.3. The number of Topliss-reactive ketones (excluding diaryl/α,β-unsaturated/α-hetero) is 1. The summed E-state index contributed by atoms with van der Waals surface area (Å²) >= 11 is 0. The normalized spacial score (nSPS) is 18.7. The molecule has 0 spiro atoms. The summed E-state index contributed by atoms with van der Waals surface area (Å²) in [7, 11) is 0. The van der Waals surface area contributed by atoms with Crippen LogP contribution in [0.15, 0.2) is 48.8 Å². The highest BCUT2D eigenvalue weighted by atomic mass is 19.1. The van der Waals surface area contributed by atoms with Gasteiger partial charge in [0.05, 0.1) is 0 Å². The molecule has 1 fully saturated rings. The van der Waals surface area contributed by atoms with E-state index in [0.29, 0.717) is 0 Å². The Morgan fingerprint density at radius 2 is 1.87 bits per heavy atom. The summed E-state index contributed by atoms with van der Waals surface area (Å²) in [5, 5.41) is 0. The van der Waals surface area contributed by atoms with Crippen LogP contribution in [0.1, 0.15) is 53.2 Å². The molecule has 1 saturated carbocycles. The average molecular weight is 425 g/mol. The van der Waals surface area contributed by atoms with E-state index in [1.807, 2.05) is 6.07 Å². The van der Waals surface area contributed by atoms with Gasteiger partial charge in [0.25, 0.3) is 0 Å². The first-order chi connectivity index (χ1) is 14.9. The molecule has 3 aromatic rings. The molecule has 4 rings (SSSR count). The zero-order chi connectivity index (χ0) is 22.0. The molecule has 0 bridgehead atoms. The summed E-state index contributed by atoms with van der Waals surface area (Å²) in [6.07, 6.45) is 7.26. The van der Waals surface area contributed by atoms with E-state index in [0.717, 1.165) is 61.1 Å². The molecule has 0 aliphatic heterocycles. The van der Waals surface area contributed by atoms with E-state index in [4.69, 9.17) is 5.73 Å². The van der Waals surface area contributed by atoms with Crippen molar-refractivity contribution in [3.8, 4) is 11.3 Å². The van der Waals surface area contributed by atoms with Crippen molar-refractivity contribution in [3.63, 3.8) is 0 Å². The minimum atomic E-state index is -0.834. The van der Waals surface area contributed by atoms with Crippen LogP contribution in [0, 0.1) is 17.5 Å². The van der Waals surface area contributed by atoms with E-state index in [1.54, 1.807) is 12.4 Å². The predicted molar refractivity (Wildman–Crippen MR) is 111 cm³/mol. The maximum Gasteiger partial charge on any atom is 0.185 e. The Labute approximate surface area is 178 Å². The summed E-state index contributed by atoms with van der Waals surface area (Å²) in [4.78, 5) is 21.1. The standard InChI is InChI=1S/C24H22F3N3O/c25-16-4-5-20(26)19(12-16)24-21(27)6-7-22(30-24)23(31)11-15-13-29-9-8-18(15)14-2-1-3-17(28)10-14/h4-9,12-14,17H,1-3,10-11,28H2. The summed E-state index contributed by atoms with van der Waals surface area (Å²) in [5.74, 6) is -2.47. The lowest BCUT2D eigenvalue weighted by atomic mass is 9.80. The largest absolute Gasteiger partial charge is 0.328 e. The van der Waals surface area contributed by atoms with Crippen molar-refractivity contribution in [2.45, 2.75) is 44.1 Å². The van der Waals surface area contributed by atoms with Crippen molar-refractivity contribution in [1.82, 2.24) is 9.97 Å². The van der Waals surface area contributed by atoms with E-state index in [-0.39, 0.29) is 35.4 Å². The maximum atomic E-state index is 14.3. The molecule has 4 nitrogen and oxygen atoms in total. The lowest BCUT2D eigenvalue weighted by Gasteiger charge is -2.28. The molecule has 2 atom stereocenters. The summed E-state index contributed by atoms with van der Waals surface area (Å²) in [6.45, 7) is 0. The molecule has 2 heterocycles. The number of nitrogens with zero attached hydrogens (tertiary/aromatic N) is 2. The van der Waals surface area contributed by atoms with E-state index >= 15 is 0 Å². The van der Waals surface area contributed by atoms with Crippen molar-refractivity contribution in [2.75, 3.05) is 0 Å². The van der Waals surface area contributed by atoms with Gasteiger partial charge in [-0.3, -0.25) is 9.78 Å². The number of carbonyl (C=O) groups excluding carboxylic acids is 1. The summed E-state index contributed by atoms with van der Waals surface area (Å²) in [5.41, 5.74) is 7.20. The molecule has 2 unspecified atom stereocenters. The lowest BCUT2D eigenvalue weighted by molar-refractivity contribution is 0.0987. The lowest BCUT2D eigenvalue weighted by Crippen LogP contribution is -2.27. The van der Waals surface area contributed by atoms with Crippen LogP contribution in [-0.4, -0.2) is 21.8 Å². The number of benzene rings is 1. The summed E-state index contributed by atoms with van der Waals surface area (Å²) < 4.78 is 42.0. The van der Waals surface area contributed by atoms with Crippen LogP contribution in [0.4, 0.5) is 13.2 Å².